The molecule has 0 aromatic heterocycles. The van der Waals surface area contributed by atoms with Crippen molar-refractivity contribution < 1.29 is 41.0 Å². The maximum Gasteiger partial charge on any atom is 0.466 e. The van der Waals surface area contributed by atoms with Crippen LogP contribution in [0.5, 0.6) is 0 Å². The third-order valence-electron chi connectivity index (χ3n) is 0. The minimum atomic E-state index is -4.64. The van der Waals surface area contributed by atoms with Crippen LogP contribution in [-0.4, -0.2) is 43.0 Å². The van der Waals surface area contributed by atoms with Gasteiger partial charge < -0.3 is 14.7 Å². The van der Waals surface area contributed by atoms with Crippen LogP contribution in [0.1, 0.15) is 0 Å². The van der Waals surface area contributed by atoms with Crippen molar-refractivity contribution in [3.63, 3.8) is 0 Å². The van der Waals surface area contributed by atoms with Crippen LogP contribution < -0.4 is 0 Å². The molecule has 0 atom stereocenters. The minimum Gasteiger partial charge on any atom is -0.303 e. The Balaban J connectivity index is -0.0000000267. The molecule has 4 nitrogen and oxygen atoms in total. The first-order chi connectivity index (χ1) is 2.00. The zero-order chi connectivity index (χ0) is 4.50. The van der Waals surface area contributed by atoms with Crippen molar-refractivity contribution in [2.45, 2.75) is 0 Å². The first-order valence-corrected chi connectivity index (χ1v) is 2.35. The van der Waals surface area contributed by atoms with E-state index in [1.165, 1.54) is 0 Å². The summed E-state index contributed by atoms with van der Waals surface area (Å²) in [7, 11) is -4.64. The second-order valence-corrected chi connectivity index (χ2v) is 1.54. The van der Waals surface area contributed by atoms with Gasteiger partial charge in [-0.3, -0.25) is 0 Å². The van der Waals surface area contributed by atoms with Crippen molar-refractivity contribution in [2.24, 2.45) is 0 Å². The van der Waals surface area contributed by atoms with E-state index in [0.717, 1.165) is 0 Å². The molecular formula is H10AlO4PSiTi. The normalized spacial score (nSPS) is 7.38. The van der Waals surface area contributed by atoms with E-state index in [4.69, 9.17) is 19.2 Å². The predicted molar refractivity (Wildman–Crippen MR) is 35.5 cm³/mol. The van der Waals surface area contributed by atoms with Gasteiger partial charge in [0.2, 0.25) is 0 Å². The zero-order valence-corrected chi connectivity index (χ0v) is 5.15. The third kappa shape index (κ3) is 132. The molecule has 0 heterocycles. The molecule has 0 fully saturated rings. The molecule has 0 radical (unpaired) electrons. The van der Waals surface area contributed by atoms with Gasteiger partial charge in [-0.2, -0.15) is 0 Å². The Morgan fingerprint density at radius 1 is 1.12 bits per heavy atom. The van der Waals surface area contributed by atoms with Crippen LogP contribution in [0.3, 0.4) is 0 Å². The number of phosphoric acid groups is 1. The summed E-state index contributed by atoms with van der Waals surface area (Å²) in [4.78, 5) is 21.6. The van der Waals surface area contributed by atoms with Crippen molar-refractivity contribution in [3.05, 3.63) is 0 Å². The summed E-state index contributed by atoms with van der Waals surface area (Å²) in [6.45, 7) is 0. The molecule has 3 N–H and O–H groups in total. The molecule has 0 rings (SSSR count). The second kappa shape index (κ2) is 8.57. The monoisotopic (exact) mass is 208 g/mol. The van der Waals surface area contributed by atoms with E-state index in [0.29, 0.717) is 0 Å². The molecule has 0 aromatic rings. The fraction of sp³-hybridized carbons (Fsp3) is 0. The predicted octanol–water partition coefficient (Wildman–Crippen LogP) is -3.57. The molecular weight excluding hydrogens is 198 g/mol. The number of rotatable bonds is 0. The molecule has 0 aliphatic heterocycles. The van der Waals surface area contributed by atoms with Gasteiger partial charge in [0.25, 0.3) is 0 Å². The summed E-state index contributed by atoms with van der Waals surface area (Å²) in [6.07, 6.45) is 0. The molecule has 0 aromatic carbocycles. The Morgan fingerprint density at radius 2 is 1.12 bits per heavy atom. The van der Waals surface area contributed by atoms with E-state index in [1.807, 2.05) is 0 Å². The average molecular weight is 208 g/mol. The quantitative estimate of drug-likeness (QED) is 0.284. The maximum absolute atomic E-state index is 8.88. The standard InChI is InChI=1S/Al.H3O4P.H4Si.Ti.3H/c;1-5(2,3)4;;;;;/h;(H3,1,2,3,4);1H4;;;;. The summed E-state index contributed by atoms with van der Waals surface area (Å²) in [5.41, 5.74) is 0. The van der Waals surface area contributed by atoms with Crippen LogP contribution >= 0.6 is 7.82 Å². The van der Waals surface area contributed by atoms with Gasteiger partial charge in [0, 0.05) is 21.7 Å². The first-order valence-electron chi connectivity index (χ1n) is 0.783. The smallest absolute Gasteiger partial charge is 0.303 e. The molecule has 0 bridgehead atoms. The Morgan fingerprint density at radius 3 is 1.12 bits per heavy atom. The van der Waals surface area contributed by atoms with Crippen LogP contribution in [-0.2, 0) is 26.3 Å². The second-order valence-electron chi connectivity index (χ2n) is 0.513. The molecule has 0 aliphatic carbocycles. The van der Waals surface area contributed by atoms with Crippen LogP contribution in [0.25, 0.3) is 0 Å². The van der Waals surface area contributed by atoms with Crippen molar-refractivity contribution >= 4 is 36.1 Å². The Hall–Kier alpha value is 1.57. The molecule has 8 heavy (non-hydrogen) atoms. The maximum atomic E-state index is 8.88. The van der Waals surface area contributed by atoms with Gasteiger partial charge in [-0.1, -0.05) is 0 Å². The molecule has 0 spiro atoms. The van der Waals surface area contributed by atoms with Crippen LogP contribution in [0, 0.1) is 0 Å². The van der Waals surface area contributed by atoms with Crippen LogP contribution in [0.4, 0.5) is 0 Å². The van der Waals surface area contributed by atoms with E-state index in [9.17, 15) is 0 Å². The van der Waals surface area contributed by atoms with E-state index < -0.39 is 7.82 Å². The van der Waals surface area contributed by atoms with Crippen LogP contribution in [0.2, 0.25) is 0 Å². The Bertz CT molecular complexity index is 62.2. The van der Waals surface area contributed by atoms with Crippen molar-refractivity contribution in [3.8, 4) is 0 Å². The van der Waals surface area contributed by atoms with Crippen molar-refractivity contribution in [1.29, 1.82) is 0 Å². The summed E-state index contributed by atoms with van der Waals surface area (Å²) in [5, 5.41) is 0. The summed E-state index contributed by atoms with van der Waals surface area (Å²) in [5.74, 6) is 0. The fourth-order valence-electron chi connectivity index (χ4n) is 0. The Kier molecular flexibility index (Phi) is 24.3. The van der Waals surface area contributed by atoms with E-state index in [-0.39, 0.29) is 50.0 Å². The molecule has 50 valence electrons. The minimum absolute atomic E-state index is 0. The van der Waals surface area contributed by atoms with Gasteiger partial charge in [-0.25, -0.2) is 4.57 Å². The van der Waals surface area contributed by atoms with Crippen molar-refractivity contribution in [2.75, 3.05) is 0 Å². The van der Waals surface area contributed by atoms with Gasteiger partial charge in [-0.15, -0.1) is 0 Å². The first kappa shape index (κ1) is 22.7. The van der Waals surface area contributed by atoms with Crippen LogP contribution in [0.15, 0.2) is 0 Å². The molecule has 0 aliphatic rings. The van der Waals surface area contributed by atoms with E-state index >= 15 is 0 Å². The van der Waals surface area contributed by atoms with Gasteiger partial charge >= 0.3 is 7.82 Å². The third-order valence-corrected chi connectivity index (χ3v) is 0. The number of hydrogen-bond donors (Lipinski definition) is 3. The largest absolute Gasteiger partial charge is 0.466 e. The van der Waals surface area contributed by atoms with Gasteiger partial charge in [-0.05, 0) is 11.0 Å². The van der Waals surface area contributed by atoms with E-state index in [2.05, 4.69) is 0 Å². The zero-order valence-electron chi connectivity index (χ0n) is 2.70. The molecule has 0 saturated carbocycles. The van der Waals surface area contributed by atoms with Gasteiger partial charge in [0.15, 0.2) is 17.4 Å². The fourth-order valence-corrected chi connectivity index (χ4v) is 0. The average Bonchev–Trinajstić information content (AvgIpc) is 0.722. The van der Waals surface area contributed by atoms with Gasteiger partial charge in [0.1, 0.15) is 0 Å². The van der Waals surface area contributed by atoms with Gasteiger partial charge in [0.05, 0.1) is 0 Å². The summed E-state index contributed by atoms with van der Waals surface area (Å²) in [6, 6.07) is 0. The molecule has 8 heteroatoms. The Labute approximate surface area is 77.0 Å². The molecule has 0 amide bonds. The molecule has 0 unspecified atom stereocenters. The summed E-state index contributed by atoms with van der Waals surface area (Å²) < 4.78 is 8.88. The summed E-state index contributed by atoms with van der Waals surface area (Å²) >= 11 is 0. The molecule has 0 saturated heterocycles. The topological polar surface area (TPSA) is 77.8 Å². The van der Waals surface area contributed by atoms with E-state index in [1.54, 1.807) is 0 Å². The van der Waals surface area contributed by atoms with Crippen molar-refractivity contribution in [1.82, 2.24) is 0 Å². The SMILES string of the molecule is O=P(O)(O)O.[AlH3].[SiH4].[Ti]. The number of hydrogen-bond acceptors (Lipinski definition) is 1.